The van der Waals surface area contributed by atoms with Crippen molar-refractivity contribution >= 4 is 22.8 Å². The van der Waals surface area contributed by atoms with E-state index in [-0.39, 0.29) is 13.0 Å². The van der Waals surface area contributed by atoms with Gasteiger partial charge in [0.25, 0.3) is 5.91 Å². The van der Waals surface area contributed by atoms with Gasteiger partial charge in [0, 0.05) is 17.5 Å². The smallest absolute Gasteiger partial charge is 0.336 e. The van der Waals surface area contributed by atoms with Gasteiger partial charge in [-0.15, -0.1) is 0 Å². The molecule has 0 spiro atoms. The summed E-state index contributed by atoms with van der Waals surface area (Å²) in [6.45, 7) is 1.42. The van der Waals surface area contributed by atoms with Crippen molar-refractivity contribution in [1.29, 1.82) is 0 Å². The number of fused-ring (bicyclic) bond motifs is 1. The van der Waals surface area contributed by atoms with Crippen LogP contribution in [0.25, 0.3) is 22.1 Å². The normalized spacial score (nSPS) is 11.7. The number of carboxylic acid groups (broad SMARTS) is 1. The van der Waals surface area contributed by atoms with E-state index in [4.69, 9.17) is 13.9 Å². The molecule has 3 rings (SSSR count). The third kappa shape index (κ3) is 5.42. The minimum absolute atomic E-state index is 0.267. The van der Waals surface area contributed by atoms with Crippen molar-refractivity contribution in [3.05, 3.63) is 59.0 Å². The third-order valence-electron chi connectivity index (χ3n) is 4.68. The fourth-order valence-electron chi connectivity index (χ4n) is 3.16. The number of amides is 1. The van der Waals surface area contributed by atoms with Gasteiger partial charge in [0.1, 0.15) is 17.1 Å². The maximum Gasteiger partial charge on any atom is 0.336 e. The average Bonchev–Trinajstić information content (AvgIpc) is 2.76. The van der Waals surface area contributed by atoms with Gasteiger partial charge < -0.3 is 29.1 Å². The van der Waals surface area contributed by atoms with E-state index < -0.39 is 23.5 Å². The molecule has 1 heterocycles. The van der Waals surface area contributed by atoms with Crippen LogP contribution >= 0.6 is 0 Å². The molecule has 1 aromatic heterocycles. The molecule has 1 N–H and O–H groups in total. The van der Waals surface area contributed by atoms with Crippen LogP contribution in [0, 0.1) is 0 Å². The molecule has 3 aromatic rings. The standard InChI is InChI=1S/C23H23NO7/c1-3-4-19(23(27)28)24-21(25)13-30-16-9-10-17-18(12-22(26)31-20(17)11-16)14-5-7-15(29-2)8-6-14/h5-12,19H,3-4,13H2,1-2H3,(H,24,25)(H,27,28)/p-1/t19-/m0/s1. The van der Waals surface area contributed by atoms with E-state index in [0.717, 1.165) is 5.56 Å². The molecule has 0 unspecified atom stereocenters. The summed E-state index contributed by atoms with van der Waals surface area (Å²) in [5.41, 5.74) is 1.28. The fraction of sp³-hybridized carbons (Fsp3) is 0.261. The Morgan fingerprint density at radius 1 is 1.10 bits per heavy atom. The Morgan fingerprint density at radius 3 is 2.45 bits per heavy atom. The van der Waals surface area contributed by atoms with E-state index in [1.165, 1.54) is 12.1 Å². The summed E-state index contributed by atoms with van der Waals surface area (Å²) in [5, 5.41) is 14.1. The van der Waals surface area contributed by atoms with Crippen LogP contribution in [0.5, 0.6) is 11.5 Å². The molecule has 0 fully saturated rings. The maximum absolute atomic E-state index is 12.1. The van der Waals surface area contributed by atoms with E-state index in [0.29, 0.717) is 34.5 Å². The summed E-state index contributed by atoms with van der Waals surface area (Å²) < 4.78 is 15.9. The lowest BCUT2D eigenvalue weighted by atomic mass is 10.0. The summed E-state index contributed by atoms with van der Waals surface area (Å²) in [5.74, 6) is -0.923. The highest BCUT2D eigenvalue weighted by Gasteiger charge is 2.14. The fourth-order valence-corrected chi connectivity index (χ4v) is 3.16. The molecule has 0 saturated carbocycles. The lowest BCUT2D eigenvalue weighted by Crippen LogP contribution is -2.49. The van der Waals surface area contributed by atoms with Gasteiger partial charge in [0.15, 0.2) is 6.61 Å². The molecule has 0 bridgehead atoms. The molecule has 0 radical (unpaired) electrons. The van der Waals surface area contributed by atoms with Gasteiger partial charge in [-0.1, -0.05) is 25.5 Å². The molecule has 0 aliphatic rings. The van der Waals surface area contributed by atoms with Crippen LogP contribution in [-0.4, -0.2) is 31.6 Å². The van der Waals surface area contributed by atoms with Gasteiger partial charge in [0.2, 0.25) is 0 Å². The van der Waals surface area contributed by atoms with Gasteiger partial charge >= 0.3 is 5.63 Å². The summed E-state index contributed by atoms with van der Waals surface area (Å²) >= 11 is 0. The van der Waals surface area contributed by atoms with E-state index in [1.54, 1.807) is 31.4 Å². The molecular weight excluding hydrogens is 402 g/mol. The quantitative estimate of drug-likeness (QED) is 0.521. The first-order chi connectivity index (χ1) is 14.9. The molecule has 162 valence electrons. The number of aliphatic carboxylic acids is 1. The second-order valence-electron chi connectivity index (χ2n) is 6.88. The minimum Gasteiger partial charge on any atom is -0.548 e. The van der Waals surface area contributed by atoms with Gasteiger partial charge in [-0.2, -0.15) is 0 Å². The van der Waals surface area contributed by atoms with Gasteiger partial charge in [-0.05, 0) is 41.8 Å². The Kier molecular flexibility index (Phi) is 6.92. The number of hydrogen-bond donors (Lipinski definition) is 1. The number of carboxylic acids is 1. The second kappa shape index (κ2) is 9.80. The van der Waals surface area contributed by atoms with Crippen molar-refractivity contribution in [2.75, 3.05) is 13.7 Å². The van der Waals surface area contributed by atoms with Crippen molar-refractivity contribution in [3.63, 3.8) is 0 Å². The number of nitrogens with one attached hydrogen (secondary N) is 1. The molecule has 31 heavy (non-hydrogen) atoms. The number of carbonyl (C=O) groups is 2. The monoisotopic (exact) mass is 424 g/mol. The molecule has 8 nitrogen and oxygen atoms in total. The zero-order chi connectivity index (χ0) is 22.4. The van der Waals surface area contributed by atoms with Gasteiger partial charge in [-0.3, -0.25) is 4.79 Å². The van der Waals surface area contributed by atoms with Crippen LogP contribution in [0.2, 0.25) is 0 Å². The largest absolute Gasteiger partial charge is 0.548 e. The van der Waals surface area contributed by atoms with Crippen molar-refractivity contribution in [2.45, 2.75) is 25.8 Å². The molecule has 0 aliphatic heterocycles. The zero-order valence-electron chi connectivity index (χ0n) is 17.2. The highest BCUT2D eigenvalue weighted by Crippen LogP contribution is 2.30. The summed E-state index contributed by atoms with van der Waals surface area (Å²) in [4.78, 5) is 35.1. The number of hydrogen-bond acceptors (Lipinski definition) is 7. The molecule has 0 saturated heterocycles. The van der Waals surface area contributed by atoms with Crippen molar-refractivity contribution < 1.29 is 28.6 Å². The van der Waals surface area contributed by atoms with Crippen LogP contribution in [0.4, 0.5) is 0 Å². The number of rotatable bonds is 9. The molecule has 2 aromatic carbocycles. The van der Waals surface area contributed by atoms with Crippen LogP contribution in [-0.2, 0) is 9.59 Å². The molecule has 1 amide bonds. The van der Waals surface area contributed by atoms with Crippen molar-refractivity contribution in [2.24, 2.45) is 0 Å². The predicted molar refractivity (Wildman–Crippen MR) is 112 cm³/mol. The van der Waals surface area contributed by atoms with Crippen molar-refractivity contribution in [1.82, 2.24) is 5.32 Å². The zero-order valence-corrected chi connectivity index (χ0v) is 17.2. The van der Waals surface area contributed by atoms with E-state index in [1.807, 2.05) is 19.1 Å². The van der Waals surface area contributed by atoms with Crippen LogP contribution in [0.1, 0.15) is 19.8 Å². The number of ether oxygens (including phenoxy) is 2. The Morgan fingerprint density at radius 2 is 1.81 bits per heavy atom. The van der Waals surface area contributed by atoms with Crippen molar-refractivity contribution in [3.8, 4) is 22.6 Å². The van der Waals surface area contributed by atoms with Crippen LogP contribution < -0.4 is 25.5 Å². The summed E-state index contributed by atoms with van der Waals surface area (Å²) in [6.07, 6.45) is 0.851. The first-order valence-electron chi connectivity index (χ1n) is 9.76. The lowest BCUT2D eigenvalue weighted by molar-refractivity contribution is -0.308. The maximum atomic E-state index is 12.1. The lowest BCUT2D eigenvalue weighted by Gasteiger charge is -2.19. The molecule has 1 atom stereocenters. The first-order valence-corrected chi connectivity index (χ1v) is 9.76. The average molecular weight is 424 g/mol. The molecular formula is C23H22NO7-. The Hall–Kier alpha value is -3.81. The topological polar surface area (TPSA) is 118 Å². The van der Waals surface area contributed by atoms with E-state index in [2.05, 4.69) is 5.32 Å². The second-order valence-corrected chi connectivity index (χ2v) is 6.88. The first kappa shape index (κ1) is 21.9. The van der Waals surface area contributed by atoms with Crippen LogP contribution in [0.3, 0.4) is 0 Å². The van der Waals surface area contributed by atoms with E-state index >= 15 is 0 Å². The molecule has 8 heteroatoms. The van der Waals surface area contributed by atoms with Crippen LogP contribution in [0.15, 0.2) is 57.7 Å². The highest BCUT2D eigenvalue weighted by molar-refractivity contribution is 5.94. The predicted octanol–water partition coefficient (Wildman–Crippen LogP) is 1.88. The highest BCUT2D eigenvalue weighted by atomic mass is 16.5. The Bertz CT molecular complexity index is 1130. The summed E-state index contributed by atoms with van der Waals surface area (Å²) in [6, 6.07) is 12.5. The Balaban J connectivity index is 1.79. The number of methoxy groups -OCH3 is 1. The summed E-state index contributed by atoms with van der Waals surface area (Å²) in [7, 11) is 1.58. The van der Waals surface area contributed by atoms with Gasteiger partial charge in [0.05, 0.1) is 19.1 Å². The minimum atomic E-state index is -1.34. The SMILES string of the molecule is CCC[C@H](NC(=O)COc1ccc2c(-c3ccc(OC)cc3)cc(=O)oc2c1)C(=O)[O-]. The van der Waals surface area contributed by atoms with Gasteiger partial charge in [-0.25, -0.2) is 4.79 Å². The third-order valence-corrected chi connectivity index (χ3v) is 4.68. The number of carbonyl (C=O) groups excluding carboxylic acids is 2. The Labute approximate surface area is 178 Å². The molecule has 0 aliphatic carbocycles. The van der Waals surface area contributed by atoms with E-state index in [9.17, 15) is 19.5 Å². The number of benzene rings is 2.